The van der Waals surface area contributed by atoms with Gasteiger partial charge >= 0.3 is 0 Å². The Morgan fingerprint density at radius 1 is 1.36 bits per heavy atom. The third-order valence-electron chi connectivity index (χ3n) is 5.49. The first-order chi connectivity index (χ1) is 10.5. The number of hydrogen-bond acceptors (Lipinski definition) is 3. The van der Waals surface area contributed by atoms with Crippen molar-refractivity contribution in [1.29, 1.82) is 0 Å². The highest BCUT2D eigenvalue weighted by Gasteiger charge is 2.46. The molecular formula is C17H24ClFN2O. The van der Waals surface area contributed by atoms with Crippen molar-refractivity contribution >= 4 is 11.6 Å². The van der Waals surface area contributed by atoms with Crippen LogP contribution in [0, 0.1) is 11.2 Å². The molecule has 2 fully saturated rings. The average Bonchev–Trinajstić information content (AvgIpc) is 2.52. The third kappa shape index (κ3) is 3.02. The Kier molecular flexibility index (Phi) is 4.74. The molecule has 5 heteroatoms. The fourth-order valence-corrected chi connectivity index (χ4v) is 4.32. The van der Waals surface area contributed by atoms with Crippen LogP contribution in [0.25, 0.3) is 0 Å². The molecule has 0 aliphatic carbocycles. The van der Waals surface area contributed by atoms with Gasteiger partial charge in [0.25, 0.3) is 0 Å². The number of aliphatic hydroxyl groups excluding tert-OH is 1. The molecule has 2 aliphatic heterocycles. The van der Waals surface area contributed by atoms with Crippen LogP contribution in [-0.2, 0) is 6.54 Å². The minimum absolute atomic E-state index is 0.0595. The molecule has 22 heavy (non-hydrogen) atoms. The largest absolute Gasteiger partial charge is 0.396 e. The summed E-state index contributed by atoms with van der Waals surface area (Å²) in [6.07, 6.45) is 3.31. The van der Waals surface area contributed by atoms with Crippen molar-refractivity contribution in [3.8, 4) is 0 Å². The Bertz CT molecular complexity index is 541. The summed E-state index contributed by atoms with van der Waals surface area (Å²) in [5, 5.41) is 10.1. The highest BCUT2D eigenvalue weighted by Crippen LogP contribution is 2.41. The van der Waals surface area contributed by atoms with E-state index in [1.807, 2.05) is 0 Å². The van der Waals surface area contributed by atoms with Crippen molar-refractivity contribution in [3.05, 3.63) is 34.6 Å². The molecule has 1 N–H and O–H groups in total. The topological polar surface area (TPSA) is 26.7 Å². The Morgan fingerprint density at radius 3 is 2.91 bits per heavy atom. The molecule has 0 saturated carbocycles. The monoisotopic (exact) mass is 326 g/mol. The van der Waals surface area contributed by atoms with E-state index in [-0.39, 0.29) is 22.9 Å². The average molecular weight is 327 g/mol. The van der Waals surface area contributed by atoms with Crippen molar-refractivity contribution < 1.29 is 9.50 Å². The summed E-state index contributed by atoms with van der Waals surface area (Å²) in [6, 6.07) is 5.36. The Labute approximate surface area is 136 Å². The van der Waals surface area contributed by atoms with Crippen LogP contribution in [0.2, 0.25) is 5.02 Å². The van der Waals surface area contributed by atoms with E-state index in [1.54, 1.807) is 12.1 Å². The zero-order chi connectivity index (χ0) is 15.7. The maximum absolute atomic E-state index is 13.3. The summed E-state index contributed by atoms with van der Waals surface area (Å²) in [5.41, 5.74) is 1.10. The molecule has 0 bridgehead atoms. The van der Waals surface area contributed by atoms with Gasteiger partial charge in [-0.15, -0.1) is 0 Å². The SMILES string of the molecule is CN1CCC[C@]2(CO)CCN(Cc3ccc(F)c(Cl)c3)C[C@@H]12. The fourth-order valence-electron chi connectivity index (χ4n) is 4.12. The summed E-state index contributed by atoms with van der Waals surface area (Å²) in [7, 11) is 2.16. The molecule has 0 spiro atoms. The molecular weight excluding hydrogens is 303 g/mol. The highest BCUT2D eigenvalue weighted by molar-refractivity contribution is 6.30. The van der Waals surface area contributed by atoms with E-state index < -0.39 is 0 Å². The van der Waals surface area contributed by atoms with Crippen LogP contribution in [-0.4, -0.2) is 54.2 Å². The second-order valence-corrected chi connectivity index (χ2v) is 7.26. The van der Waals surface area contributed by atoms with Crippen LogP contribution in [0.1, 0.15) is 24.8 Å². The number of halogens is 2. The second-order valence-electron chi connectivity index (χ2n) is 6.85. The van der Waals surface area contributed by atoms with Gasteiger partial charge in [-0.3, -0.25) is 4.90 Å². The lowest BCUT2D eigenvalue weighted by molar-refractivity contribution is -0.0684. The minimum atomic E-state index is -0.365. The van der Waals surface area contributed by atoms with Gasteiger partial charge < -0.3 is 10.0 Å². The third-order valence-corrected chi connectivity index (χ3v) is 5.78. The summed E-state index contributed by atoms with van der Waals surface area (Å²) >= 11 is 5.88. The highest BCUT2D eigenvalue weighted by atomic mass is 35.5. The molecule has 2 aliphatic rings. The first-order valence-electron chi connectivity index (χ1n) is 8.01. The Morgan fingerprint density at radius 2 is 2.18 bits per heavy atom. The number of nitrogens with zero attached hydrogens (tertiary/aromatic N) is 2. The summed E-state index contributed by atoms with van der Waals surface area (Å²) in [4.78, 5) is 4.79. The number of rotatable bonds is 3. The molecule has 3 rings (SSSR count). The number of hydrogen-bond donors (Lipinski definition) is 1. The van der Waals surface area contributed by atoms with E-state index in [0.29, 0.717) is 6.04 Å². The second kappa shape index (κ2) is 6.44. The van der Waals surface area contributed by atoms with Crippen molar-refractivity contribution in [1.82, 2.24) is 9.80 Å². The number of likely N-dealkylation sites (N-methyl/N-ethyl adjacent to an activating group) is 1. The quantitative estimate of drug-likeness (QED) is 0.925. The van der Waals surface area contributed by atoms with Crippen LogP contribution in [0.5, 0.6) is 0 Å². The molecule has 0 amide bonds. The number of likely N-dealkylation sites (tertiary alicyclic amines) is 2. The molecule has 1 aromatic rings. The smallest absolute Gasteiger partial charge is 0.141 e. The summed E-state index contributed by atoms with van der Waals surface area (Å²) < 4.78 is 13.3. The van der Waals surface area contributed by atoms with Crippen molar-refractivity contribution in [2.45, 2.75) is 31.8 Å². The molecule has 0 unspecified atom stereocenters. The maximum atomic E-state index is 13.3. The van der Waals surface area contributed by atoms with Gasteiger partial charge in [-0.25, -0.2) is 4.39 Å². The lowest BCUT2D eigenvalue weighted by Crippen LogP contribution is -2.61. The lowest BCUT2D eigenvalue weighted by atomic mass is 9.69. The molecule has 3 nitrogen and oxygen atoms in total. The molecule has 1 aromatic carbocycles. The van der Waals surface area contributed by atoms with Gasteiger partial charge in [0.2, 0.25) is 0 Å². The van der Waals surface area contributed by atoms with Gasteiger partial charge in [0.15, 0.2) is 0 Å². The zero-order valence-electron chi connectivity index (χ0n) is 13.1. The van der Waals surface area contributed by atoms with Crippen molar-refractivity contribution in [2.75, 3.05) is 33.3 Å². The van der Waals surface area contributed by atoms with Crippen molar-refractivity contribution in [2.24, 2.45) is 5.41 Å². The van der Waals surface area contributed by atoms with E-state index >= 15 is 0 Å². The van der Waals surface area contributed by atoms with Gasteiger partial charge in [0.05, 0.1) is 11.6 Å². The molecule has 2 saturated heterocycles. The van der Waals surface area contributed by atoms with E-state index in [4.69, 9.17) is 11.6 Å². The molecule has 2 atom stereocenters. The van der Waals surface area contributed by atoms with Crippen LogP contribution in [0.3, 0.4) is 0 Å². The predicted octanol–water partition coefficient (Wildman–Crippen LogP) is 2.76. The van der Waals surface area contributed by atoms with Gasteiger partial charge in [0.1, 0.15) is 5.82 Å². The van der Waals surface area contributed by atoms with E-state index in [2.05, 4.69) is 16.8 Å². The fraction of sp³-hybridized carbons (Fsp3) is 0.647. The van der Waals surface area contributed by atoms with Crippen LogP contribution in [0.15, 0.2) is 18.2 Å². The van der Waals surface area contributed by atoms with Crippen LogP contribution in [0.4, 0.5) is 4.39 Å². The first kappa shape index (κ1) is 16.2. The van der Waals surface area contributed by atoms with Gasteiger partial charge in [-0.05, 0) is 57.1 Å². The van der Waals surface area contributed by atoms with Crippen molar-refractivity contribution in [3.63, 3.8) is 0 Å². The van der Waals surface area contributed by atoms with Crippen LogP contribution >= 0.6 is 11.6 Å². The summed E-state index contributed by atoms with van der Waals surface area (Å²) in [6.45, 7) is 4.08. The van der Waals surface area contributed by atoms with E-state index in [0.717, 1.165) is 44.6 Å². The standard InChI is InChI=1S/C17H24ClFN2O/c1-20-7-2-5-17(12-22)6-8-21(11-16(17)20)10-13-3-4-15(19)14(18)9-13/h3-4,9,16,22H,2,5-8,10-12H2,1H3/t16-,17-/m1/s1. The predicted molar refractivity (Wildman–Crippen MR) is 86.5 cm³/mol. The number of benzene rings is 1. The molecule has 2 heterocycles. The van der Waals surface area contributed by atoms with Gasteiger partial charge in [0, 0.05) is 24.5 Å². The molecule has 122 valence electrons. The number of aliphatic hydroxyl groups is 1. The number of piperidine rings is 2. The van der Waals surface area contributed by atoms with E-state index in [1.165, 1.54) is 12.5 Å². The minimum Gasteiger partial charge on any atom is -0.396 e. The lowest BCUT2D eigenvalue weighted by Gasteiger charge is -2.53. The first-order valence-corrected chi connectivity index (χ1v) is 8.39. The molecule has 0 radical (unpaired) electrons. The van der Waals surface area contributed by atoms with Crippen LogP contribution < -0.4 is 0 Å². The Hall–Kier alpha value is -0.680. The molecule has 0 aromatic heterocycles. The summed E-state index contributed by atoms with van der Waals surface area (Å²) in [5.74, 6) is -0.365. The van der Waals surface area contributed by atoms with Gasteiger partial charge in [-0.2, -0.15) is 0 Å². The number of fused-ring (bicyclic) bond motifs is 1. The van der Waals surface area contributed by atoms with Gasteiger partial charge in [-0.1, -0.05) is 17.7 Å². The zero-order valence-corrected chi connectivity index (χ0v) is 13.8. The normalized spacial score (nSPS) is 30.3. The Balaban J connectivity index is 1.71. The maximum Gasteiger partial charge on any atom is 0.141 e. The van der Waals surface area contributed by atoms with E-state index in [9.17, 15) is 9.50 Å².